The first-order chi connectivity index (χ1) is 21.4. The minimum atomic E-state index is -3.13. The van der Waals surface area contributed by atoms with Crippen molar-refractivity contribution in [2.45, 2.75) is 69.7 Å². The van der Waals surface area contributed by atoms with Crippen LogP contribution in [0.2, 0.25) is 5.04 Å². The normalized spacial score (nSPS) is 22.2. The van der Waals surface area contributed by atoms with E-state index in [2.05, 4.69) is 45.0 Å². The number of carboxylic acids is 1. The van der Waals surface area contributed by atoms with Crippen LogP contribution in [0.15, 0.2) is 78.9 Å². The van der Waals surface area contributed by atoms with Gasteiger partial charge in [0.15, 0.2) is 18.1 Å². The summed E-state index contributed by atoms with van der Waals surface area (Å²) >= 11 is 0. The summed E-state index contributed by atoms with van der Waals surface area (Å²) in [5, 5.41) is 33.6. The molecule has 0 saturated heterocycles. The van der Waals surface area contributed by atoms with E-state index < -0.39 is 69.9 Å². The summed E-state index contributed by atoms with van der Waals surface area (Å²) in [6.07, 6.45) is -4.57. The fourth-order valence-corrected chi connectivity index (χ4v) is 11.2. The number of hydrogen-bond donors (Lipinski definition) is 3. The molecule has 2 unspecified atom stereocenters. The minimum absolute atomic E-state index is 0.219. The van der Waals surface area contributed by atoms with E-state index in [4.69, 9.17) is 28.5 Å². The quantitative estimate of drug-likeness (QED) is 0.213. The number of para-hydroxylation sites is 1. The SMILES string of the molecule is CC(=O)OCC(O)[C@H](O)C1[C@H]2Oc3cccc(OCC(=O)O)c3O[C@H]2C[C@H]1O[Si](c1ccccc1)(c1ccccc1)C(C)(C)C. The second-order valence-electron chi connectivity index (χ2n) is 12.5. The van der Waals surface area contributed by atoms with Gasteiger partial charge in [-0.15, -0.1) is 0 Å². The van der Waals surface area contributed by atoms with Crippen LogP contribution >= 0.6 is 0 Å². The second kappa shape index (κ2) is 13.2. The lowest BCUT2D eigenvalue weighted by Crippen LogP contribution is -2.68. The average Bonchev–Trinajstić information content (AvgIpc) is 3.36. The van der Waals surface area contributed by atoms with E-state index in [-0.39, 0.29) is 16.5 Å². The predicted molar refractivity (Wildman–Crippen MR) is 168 cm³/mol. The fraction of sp³-hybridized carbons (Fsp3) is 0.412. The Hall–Kier alpha value is -3.90. The van der Waals surface area contributed by atoms with E-state index in [1.807, 2.05) is 36.4 Å². The highest BCUT2D eigenvalue weighted by Crippen LogP contribution is 2.49. The maximum absolute atomic E-state index is 11.7. The third kappa shape index (κ3) is 6.57. The number of carbonyl (C=O) groups is 2. The molecule has 1 aliphatic heterocycles. The van der Waals surface area contributed by atoms with Gasteiger partial charge in [-0.2, -0.15) is 0 Å². The number of ether oxygens (including phenoxy) is 4. The zero-order valence-corrected chi connectivity index (χ0v) is 26.8. The van der Waals surface area contributed by atoms with Crippen molar-refractivity contribution in [1.82, 2.24) is 0 Å². The van der Waals surface area contributed by atoms with Gasteiger partial charge in [-0.05, 0) is 27.5 Å². The number of esters is 1. The van der Waals surface area contributed by atoms with Crippen LogP contribution in [0, 0.1) is 5.92 Å². The second-order valence-corrected chi connectivity index (χ2v) is 16.8. The van der Waals surface area contributed by atoms with Gasteiger partial charge in [-0.3, -0.25) is 4.79 Å². The molecule has 1 fully saturated rings. The summed E-state index contributed by atoms with van der Waals surface area (Å²) in [7, 11) is -3.13. The van der Waals surface area contributed by atoms with Crippen LogP contribution in [0.4, 0.5) is 0 Å². The molecule has 3 aromatic rings. The van der Waals surface area contributed by atoms with E-state index in [0.29, 0.717) is 12.2 Å². The minimum Gasteiger partial charge on any atom is -0.482 e. The maximum atomic E-state index is 11.7. The molecule has 45 heavy (non-hydrogen) atoms. The highest BCUT2D eigenvalue weighted by molar-refractivity contribution is 6.99. The molecule has 0 spiro atoms. The third-order valence-electron chi connectivity index (χ3n) is 8.46. The first-order valence-corrected chi connectivity index (χ1v) is 16.9. The van der Waals surface area contributed by atoms with Crippen molar-refractivity contribution in [2.75, 3.05) is 13.2 Å². The van der Waals surface area contributed by atoms with Gasteiger partial charge in [0.1, 0.15) is 24.9 Å². The molecule has 1 heterocycles. The lowest BCUT2D eigenvalue weighted by Gasteiger charge is -2.46. The molecule has 0 radical (unpaired) electrons. The van der Waals surface area contributed by atoms with Gasteiger partial charge in [-0.25, -0.2) is 4.79 Å². The van der Waals surface area contributed by atoms with Gasteiger partial charge in [-0.1, -0.05) is 87.5 Å². The van der Waals surface area contributed by atoms with E-state index >= 15 is 0 Å². The van der Waals surface area contributed by atoms with Crippen molar-refractivity contribution in [3.63, 3.8) is 0 Å². The number of aliphatic hydroxyl groups is 2. The lowest BCUT2D eigenvalue weighted by molar-refractivity contribution is -0.149. The number of benzene rings is 3. The van der Waals surface area contributed by atoms with Crippen molar-refractivity contribution in [2.24, 2.45) is 5.92 Å². The molecule has 2 aliphatic rings. The summed E-state index contributed by atoms with van der Waals surface area (Å²) in [5.74, 6) is -1.70. The van der Waals surface area contributed by atoms with Gasteiger partial charge in [0.05, 0.1) is 18.1 Å². The van der Waals surface area contributed by atoms with E-state index in [9.17, 15) is 19.8 Å². The van der Waals surface area contributed by atoms with Gasteiger partial charge in [0.2, 0.25) is 5.75 Å². The van der Waals surface area contributed by atoms with Gasteiger partial charge < -0.3 is 38.7 Å². The molecule has 6 atom stereocenters. The molecule has 3 aromatic carbocycles. The topological polar surface area (TPSA) is 141 Å². The van der Waals surface area contributed by atoms with Gasteiger partial charge >= 0.3 is 11.9 Å². The molecule has 3 N–H and O–H groups in total. The first kappa shape index (κ1) is 32.5. The monoisotopic (exact) mass is 636 g/mol. The fourth-order valence-electron chi connectivity index (χ4n) is 6.52. The Bertz CT molecular complexity index is 1440. The molecule has 0 amide bonds. The van der Waals surface area contributed by atoms with Crippen molar-refractivity contribution in [3.8, 4) is 17.2 Å². The number of carbonyl (C=O) groups excluding carboxylic acids is 1. The van der Waals surface area contributed by atoms with Crippen LogP contribution in [-0.4, -0.2) is 79.3 Å². The number of fused-ring (bicyclic) bond motifs is 2. The van der Waals surface area contributed by atoms with Crippen molar-refractivity contribution >= 4 is 30.6 Å². The van der Waals surface area contributed by atoms with Crippen LogP contribution in [0.25, 0.3) is 0 Å². The summed E-state index contributed by atoms with van der Waals surface area (Å²) in [6, 6.07) is 25.1. The Morgan fingerprint density at radius 2 is 1.56 bits per heavy atom. The molecule has 0 aromatic heterocycles. The Morgan fingerprint density at radius 1 is 0.933 bits per heavy atom. The number of rotatable bonds is 11. The van der Waals surface area contributed by atoms with Gasteiger partial charge in [0, 0.05) is 13.3 Å². The summed E-state index contributed by atoms with van der Waals surface area (Å²) in [4.78, 5) is 22.7. The van der Waals surface area contributed by atoms with Crippen LogP contribution in [-0.2, 0) is 18.8 Å². The average molecular weight is 637 g/mol. The van der Waals surface area contributed by atoms with Crippen molar-refractivity contribution in [3.05, 3.63) is 78.9 Å². The highest BCUT2D eigenvalue weighted by atomic mass is 28.4. The Labute approximate surface area is 263 Å². The Kier molecular flexibility index (Phi) is 9.54. The van der Waals surface area contributed by atoms with Crippen molar-refractivity contribution < 1.29 is 48.3 Å². The summed E-state index contributed by atoms with van der Waals surface area (Å²) in [6.45, 7) is 6.72. The lowest BCUT2D eigenvalue weighted by atomic mass is 9.92. The van der Waals surface area contributed by atoms with Crippen LogP contribution in [0.1, 0.15) is 34.1 Å². The zero-order chi connectivity index (χ0) is 32.4. The molecule has 240 valence electrons. The zero-order valence-electron chi connectivity index (χ0n) is 25.8. The number of carboxylic acid groups (broad SMARTS) is 1. The molecule has 1 aliphatic carbocycles. The van der Waals surface area contributed by atoms with Crippen LogP contribution in [0.3, 0.4) is 0 Å². The predicted octanol–water partition coefficient (Wildman–Crippen LogP) is 2.91. The van der Waals surface area contributed by atoms with E-state index in [0.717, 1.165) is 10.4 Å². The standard InChI is InChI=1S/C34H40O10Si/c1-21(35)40-19-24(36)31(39)30-27(18-28-33(30)42-26-17-11-16-25(32(26)43-28)41-20-29(37)38)44-45(34(2,3)4,22-12-7-5-8-13-22)23-14-9-6-10-15-23/h5-17,24,27-28,30-31,33,36,39H,18-20H2,1-4H3,(H,37,38)/t24?,27-,28+,30?,31+,33+/m1/s1. The largest absolute Gasteiger partial charge is 0.482 e. The van der Waals surface area contributed by atoms with Crippen molar-refractivity contribution in [1.29, 1.82) is 0 Å². The number of aliphatic carboxylic acids is 1. The molecule has 0 bridgehead atoms. The molecular weight excluding hydrogens is 596 g/mol. The van der Waals surface area contributed by atoms with Crippen LogP contribution < -0.4 is 24.6 Å². The van der Waals surface area contributed by atoms with Crippen LogP contribution in [0.5, 0.6) is 17.2 Å². The highest BCUT2D eigenvalue weighted by Gasteiger charge is 2.59. The summed E-state index contributed by atoms with van der Waals surface area (Å²) in [5.41, 5.74) is 0. The molecule has 11 heteroatoms. The number of hydrogen-bond acceptors (Lipinski definition) is 9. The summed E-state index contributed by atoms with van der Waals surface area (Å²) < 4.78 is 30.9. The molecule has 1 saturated carbocycles. The molecular formula is C34H40O10Si. The maximum Gasteiger partial charge on any atom is 0.341 e. The smallest absolute Gasteiger partial charge is 0.341 e. The third-order valence-corrected chi connectivity index (χ3v) is 13.5. The molecule has 10 nitrogen and oxygen atoms in total. The van der Waals surface area contributed by atoms with E-state index in [1.165, 1.54) is 6.92 Å². The Morgan fingerprint density at radius 3 is 2.11 bits per heavy atom. The Balaban J connectivity index is 1.58. The van der Waals surface area contributed by atoms with Gasteiger partial charge in [0.25, 0.3) is 8.32 Å². The first-order valence-electron chi connectivity index (χ1n) is 15.0. The number of aliphatic hydroxyl groups excluding tert-OH is 2. The molecule has 5 rings (SSSR count). The van der Waals surface area contributed by atoms with E-state index in [1.54, 1.807) is 18.2 Å².